The van der Waals surface area contributed by atoms with E-state index < -0.39 is 0 Å². The summed E-state index contributed by atoms with van der Waals surface area (Å²) in [6.07, 6.45) is 6.18. The highest BCUT2D eigenvalue weighted by Gasteiger charge is 2.21. The molecule has 5 nitrogen and oxygen atoms in total. The van der Waals surface area contributed by atoms with Crippen molar-refractivity contribution in [2.24, 2.45) is 0 Å². The molecule has 0 amide bonds. The van der Waals surface area contributed by atoms with Crippen LogP contribution in [0.3, 0.4) is 0 Å². The van der Waals surface area contributed by atoms with Crippen molar-refractivity contribution in [2.75, 3.05) is 18.6 Å². The zero-order valence-electron chi connectivity index (χ0n) is 24.6. The van der Waals surface area contributed by atoms with Crippen LogP contribution in [0.15, 0.2) is 91.3 Å². The molecule has 2 aromatic heterocycles. The molecule has 3 heterocycles. The summed E-state index contributed by atoms with van der Waals surface area (Å²) in [4.78, 5) is 4.82. The summed E-state index contributed by atoms with van der Waals surface area (Å²) >= 11 is 0. The van der Waals surface area contributed by atoms with Gasteiger partial charge in [-0.15, -0.1) is 0 Å². The maximum atomic E-state index is 6.62. The average Bonchev–Trinajstić information content (AvgIpc) is 3.48. The lowest BCUT2D eigenvalue weighted by molar-refractivity contribution is 0.449. The third-order valence-electron chi connectivity index (χ3n) is 7.76. The Labute approximate surface area is 237 Å². The smallest absolute Gasteiger partial charge is 0.137 e. The van der Waals surface area contributed by atoms with Gasteiger partial charge in [-0.05, 0) is 70.5 Å². The van der Waals surface area contributed by atoms with Gasteiger partial charge in [0.05, 0.1) is 23.3 Å². The summed E-state index contributed by atoms with van der Waals surface area (Å²) in [6.45, 7) is 14.3. The lowest BCUT2D eigenvalue weighted by Gasteiger charge is -2.30. The van der Waals surface area contributed by atoms with Gasteiger partial charge in [0, 0.05) is 42.3 Å². The lowest BCUT2D eigenvalue weighted by atomic mass is 9.86. The molecular formula is C35H38N4O. The summed E-state index contributed by atoms with van der Waals surface area (Å²) in [5.74, 6) is 2.54. The van der Waals surface area contributed by atoms with Crippen molar-refractivity contribution in [3.63, 3.8) is 0 Å². The summed E-state index contributed by atoms with van der Waals surface area (Å²) < 4.78 is 8.88. The van der Waals surface area contributed by atoms with Crippen LogP contribution in [-0.4, -0.2) is 28.2 Å². The highest BCUT2D eigenvalue weighted by atomic mass is 16.5. The summed E-state index contributed by atoms with van der Waals surface area (Å²) in [5, 5.41) is 6.75. The fourth-order valence-electron chi connectivity index (χ4n) is 5.42. The van der Waals surface area contributed by atoms with E-state index in [-0.39, 0.29) is 10.8 Å². The minimum absolute atomic E-state index is 0.0139. The summed E-state index contributed by atoms with van der Waals surface area (Å²) in [7, 11) is 2.07. The van der Waals surface area contributed by atoms with Crippen molar-refractivity contribution in [3.05, 3.63) is 102 Å². The number of fused-ring (bicyclic) bond motifs is 3. The second-order valence-electron chi connectivity index (χ2n) is 12.8. The molecule has 204 valence electrons. The molecule has 0 saturated heterocycles. The topological polar surface area (TPSA) is 33.5 Å². The Morgan fingerprint density at radius 3 is 2.20 bits per heavy atom. The number of nitrogens with zero attached hydrogens (tertiary/aromatic N) is 4. The van der Waals surface area contributed by atoms with Crippen LogP contribution in [0.5, 0.6) is 11.5 Å². The van der Waals surface area contributed by atoms with Gasteiger partial charge in [0.2, 0.25) is 0 Å². The standard InChI is InChI=1S/C35H38N4O/c1-34(2,3)24-15-16-36-33(21-24)39-31-12-9-8-11-29(31)30-14-13-27(23-32(30)39)40-28-20-25(35(4,5)6)19-26(22-28)38-18-10-17-37(38)7/h8-17,19-23H,18H2,1-7H3. The first-order valence-electron chi connectivity index (χ1n) is 14.0. The minimum Gasteiger partial charge on any atom is -0.457 e. The van der Waals surface area contributed by atoms with Crippen LogP contribution in [0.1, 0.15) is 52.7 Å². The molecule has 0 radical (unpaired) electrons. The SMILES string of the molecule is CN1C=CCN1c1cc(Oc2ccc3c4ccccc4n(-c4cc(C(C)(C)C)ccn4)c3c2)cc(C(C)(C)C)c1. The van der Waals surface area contributed by atoms with Gasteiger partial charge in [0.25, 0.3) is 0 Å². The number of ether oxygens (including phenoxy) is 1. The van der Waals surface area contributed by atoms with Gasteiger partial charge in [-0.1, -0.05) is 59.7 Å². The highest BCUT2D eigenvalue weighted by Crippen LogP contribution is 2.38. The number of aromatic nitrogens is 2. The van der Waals surface area contributed by atoms with Crippen molar-refractivity contribution in [3.8, 4) is 17.3 Å². The van der Waals surface area contributed by atoms with E-state index in [0.29, 0.717) is 0 Å². The van der Waals surface area contributed by atoms with Crippen molar-refractivity contribution in [2.45, 2.75) is 52.4 Å². The van der Waals surface area contributed by atoms with E-state index in [9.17, 15) is 0 Å². The number of hydrogen-bond acceptors (Lipinski definition) is 4. The first-order chi connectivity index (χ1) is 19.0. The number of hydrogen-bond donors (Lipinski definition) is 0. The van der Waals surface area contributed by atoms with Crippen LogP contribution in [0, 0.1) is 0 Å². The first-order valence-corrected chi connectivity index (χ1v) is 14.0. The van der Waals surface area contributed by atoms with E-state index >= 15 is 0 Å². The Bertz CT molecular complexity index is 1750. The molecule has 0 bridgehead atoms. The lowest BCUT2D eigenvalue weighted by Crippen LogP contribution is -2.32. The van der Waals surface area contributed by atoms with E-state index in [4.69, 9.17) is 9.72 Å². The molecule has 6 rings (SSSR count). The minimum atomic E-state index is -0.0139. The monoisotopic (exact) mass is 530 g/mol. The van der Waals surface area contributed by atoms with E-state index in [2.05, 4.69) is 148 Å². The van der Waals surface area contributed by atoms with Gasteiger partial charge in [-0.2, -0.15) is 0 Å². The molecule has 0 N–H and O–H groups in total. The van der Waals surface area contributed by atoms with Crippen molar-refractivity contribution < 1.29 is 4.74 Å². The molecule has 0 fully saturated rings. The molecule has 40 heavy (non-hydrogen) atoms. The molecule has 0 atom stereocenters. The highest BCUT2D eigenvalue weighted by molar-refractivity contribution is 6.09. The predicted molar refractivity (Wildman–Crippen MR) is 167 cm³/mol. The molecular weight excluding hydrogens is 492 g/mol. The molecule has 0 saturated carbocycles. The quantitative estimate of drug-likeness (QED) is 0.233. The van der Waals surface area contributed by atoms with Gasteiger partial charge >= 0.3 is 0 Å². The Morgan fingerprint density at radius 2 is 1.48 bits per heavy atom. The third-order valence-corrected chi connectivity index (χ3v) is 7.76. The maximum Gasteiger partial charge on any atom is 0.137 e. The maximum absolute atomic E-state index is 6.62. The summed E-state index contributed by atoms with van der Waals surface area (Å²) in [6, 6.07) is 25.8. The molecule has 5 aromatic rings. The van der Waals surface area contributed by atoms with Gasteiger partial charge in [-0.25, -0.2) is 4.98 Å². The number of pyridine rings is 1. The van der Waals surface area contributed by atoms with Gasteiger partial charge in [0.1, 0.15) is 17.3 Å². The first kappa shape index (κ1) is 26.0. The van der Waals surface area contributed by atoms with Gasteiger partial charge in [-0.3, -0.25) is 14.6 Å². The number of para-hydroxylation sites is 1. The van der Waals surface area contributed by atoms with Crippen LogP contribution >= 0.6 is 0 Å². The van der Waals surface area contributed by atoms with E-state index in [1.165, 1.54) is 21.9 Å². The van der Waals surface area contributed by atoms with Gasteiger partial charge < -0.3 is 4.74 Å². The zero-order chi connectivity index (χ0) is 28.2. The fourth-order valence-corrected chi connectivity index (χ4v) is 5.42. The molecule has 0 unspecified atom stereocenters. The Kier molecular flexibility index (Phi) is 6.14. The van der Waals surface area contributed by atoms with Gasteiger partial charge in [0.15, 0.2) is 0 Å². The van der Waals surface area contributed by atoms with Crippen molar-refractivity contribution >= 4 is 27.5 Å². The molecule has 1 aliphatic rings. The molecule has 3 aromatic carbocycles. The molecule has 1 aliphatic heterocycles. The fraction of sp³-hybridized carbons (Fsp3) is 0.286. The molecule has 5 heteroatoms. The van der Waals surface area contributed by atoms with Crippen molar-refractivity contribution in [1.82, 2.24) is 14.6 Å². The Morgan fingerprint density at radius 1 is 0.725 bits per heavy atom. The van der Waals surface area contributed by atoms with E-state index in [1.54, 1.807) is 0 Å². The number of hydrazine groups is 1. The van der Waals surface area contributed by atoms with Crippen LogP contribution in [-0.2, 0) is 10.8 Å². The summed E-state index contributed by atoms with van der Waals surface area (Å²) in [5.41, 5.74) is 5.83. The molecule has 0 aliphatic carbocycles. The third kappa shape index (κ3) is 4.70. The normalized spacial score (nSPS) is 14.1. The Balaban J connectivity index is 1.48. The number of rotatable bonds is 4. The largest absolute Gasteiger partial charge is 0.457 e. The number of anilines is 1. The van der Waals surface area contributed by atoms with Crippen molar-refractivity contribution in [1.29, 1.82) is 0 Å². The van der Waals surface area contributed by atoms with E-state index in [0.717, 1.165) is 40.6 Å². The Hall–Kier alpha value is -4.25. The second-order valence-corrected chi connectivity index (χ2v) is 12.8. The molecule has 0 spiro atoms. The average molecular weight is 531 g/mol. The zero-order valence-corrected chi connectivity index (χ0v) is 24.6. The number of benzene rings is 3. The van der Waals surface area contributed by atoms with Crippen LogP contribution in [0.4, 0.5) is 5.69 Å². The second kappa shape index (κ2) is 9.44. The van der Waals surface area contributed by atoms with Crippen LogP contribution in [0.2, 0.25) is 0 Å². The van der Waals surface area contributed by atoms with Crippen LogP contribution < -0.4 is 9.75 Å². The predicted octanol–water partition coefficient (Wildman–Crippen LogP) is 8.75. The van der Waals surface area contributed by atoms with Crippen LogP contribution in [0.25, 0.3) is 27.6 Å². The van der Waals surface area contributed by atoms with E-state index in [1.807, 2.05) is 6.20 Å².